The molecule has 2 fully saturated rings. The van der Waals surface area contributed by atoms with E-state index in [9.17, 15) is 18.8 Å². The van der Waals surface area contributed by atoms with Gasteiger partial charge in [0.05, 0.1) is 28.6 Å². The van der Waals surface area contributed by atoms with Crippen molar-refractivity contribution in [3.8, 4) is 0 Å². The van der Waals surface area contributed by atoms with Gasteiger partial charge < -0.3 is 20.3 Å². The van der Waals surface area contributed by atoms with E-state index in [-0.39, 0.29) is 23.8 Å². The third kappa shape index (κ3) is 7.53. The molecule has 2 aliphatic rings. The summed E-state index contributed by atoms with van der Waals surface area (Å²) in [5, 5.41) is 5.31. The molecule has 2 heterocycles. The molecule has 4 rings (SSSR count). The van der Waals surface area contributed by atoms with Crippen molar-refractivity contribution < 1.29 is 14.0 Å². The van der Waals surface area contributed by atoms with Crippen molar-refractivity contribution in [2.45, 2.75) is 52.5 Å². The van der Waals surface area contributed by atoms with Gasteiger partial charge >= 0.3 is 5.69 Å². The number of halogens is 1. The Kier molecular flexibility index (Phi) is 13.2. The van der Waals surface area contributed by atoms with Gasteiger partial charge in [-0.25, -0.2) is 9.18 Å². The van der Waals surface area contributed by atoms with Gasteiger partial charge in [-0.2, -0.15) is 0 Å². The quantitative estimate of drug-likeness (QED) is 0.583. The molecule has 1 saturated heterocycles. The number of nitrogens with one attached hydrogen (secondary N) is 2. The molecule has 0 radical (unpaired) electrons. The lowest BCUT2D eigenvalue weighted by Crippen LogP contribution is -2.28. The van der Waals surface area contributed by atoms with Crippen molar-refractivity contribution in [1.29, 1.82) is 0 Å². The van der Waals surface area contributed by atoms with Crippen molar-refractivity contribution in [2.24, 2.45) is 18.9 Å². The summed E-state index contributed by atoms with van der Waals surface area (Å²) in [5.74, 6) is 1.08. The number of amides is 1. The van der Waals surface area contributed by atoms with E-state index in [1.807, 2.05) is 40.1 Å². The van der Waals surface area contributed by atoms with Gasteiger partial charge in [0.1, 0.15) is 6.29 Å². The number of carbonyl (C=O) groups excluding carboxylic acids is 2. The largest absolute Gasteiger partial charge is 0.369 e. The van der Waals surface area contributed by atoms with Crippen LogP contribution in [-0.2, 0) is 16.6 Å². The summed E-state index contributed by atoms with van der Waals surface area (Å²) < 4.78 is 14.0. The SMILES string of the molecule is C=C(C)F.CC.CNC.CNC(=O)CCC(C=O)n1c(=O)n(C)c2c(N3CC4CCC4C3)cccc21. The second-order valence-electron chi connectivity index (χ2n) is 8.95. The fraction of sp³-hybridized carbons (Fsp3) is 0.593. The highest BCUT2D eigenvalue weighted by Crippen LogP contribution is 2.43. The Morgan fingerprint density at radius 3 is 2.17 bits per heavy atom. The van der Waals surface area contributed by atoms with E-state index in [0.29, 0.717) is 6.42 Å². The van der Waals surface area contributed by atoms with Crippen LogP contribution in [0.15, 0.2) is 35.4 Å². The van der Waals surface area contributed by atoms with Gasteiger partial charge in [0.15, 0.2) is 0 Å². The number of anilines is 1. The minimum Gasteiger partial charge on any atom is -0.369 e. The maximum atomic E-state index is 13.0. The van der Waals surface area contributed by atoms with E-state index in [4.69, 9.17) is 0 Å². The Bertz CT molecular complexity index is 1050. The molecule has 1 saturated carbocycles. The zero-order valence-corrected chi connectivity index (χ0v) is 22.9. The van der Waals surface area contributed by atoms with E-state index < -0.39 is 6.04 Å². The molecule has 1 aliphatic heterocycles. The third-order valence-electron chi connectivity index (χ3n) is 6.34. The van der Waals surface area contributed by atoms with Crippen LogP contribution < -0.4 is 21.2 Å². The molecule has 0 bridgehead atoms. The highest BCUT2D eigenvalue weighted by atomic mass is 19.1. The van der Waals surface area contributed by atoms with Crippen molar-refractivity contribution in [2.75, 3.05) is 39.1 Å². The molecule has 9 heteroatoms. The van der Waals surface area contributed by atoms with Crippen LogP contribution in [0, 0.1) is 11.8 Å². The molecule has 1 amide bonds. The normalized spacial score (nSPS) is 18.2. The summed E-state index contributed by atoms with van der Waals surface area (Å²) in [6.07, 6.45) is 3.87. The third-order valence-corrected chi connectivity index (χ3v) is 6.34. The van der Waals surface area contributed by atoms with Crippen LogP contribution in [0.3, 0.4) is 0 Å². The number of aryl methyl sites for hydroxylation is 1. The number of para-hydroxylation sites is 1. The molecule has 2 N–H and O–H groups in total. The number of fused-ring (bicyclic) bond motifs is 2. The van der Waals surface area contributed by atoms with Gasteiger partial charge in [0.25, 0.3) is 0 Å². The second kappa shape index (κ2) is 15.2. The summed E-state index contributed by atoms with van der Waals surface area (Å²) in [5.41, 5.74) is 2.48. The summed E-state index contributed by atoms with van der Waals surface area (Å²) >= 11 is 0. The van der Waals surface area contributed by atoms with Crippen LogP contribution in [0.4, 0.5) is 10.1 Å². The first-order chi connectivity index (χ1) is 17.2. The number of allylic oxidation sites excluding steroid dienone is 1. The number of imidazole rings is 1. The first-order valence-electron chi connectivity index (χ1n) is 12.7. The molecule has 36 heavy (non-hydrogen) atoms. The van der Waals surface area contributed by atoms with Gasteiger partial charge in [-0.1, -0.05) is 26.5 Å². The lowest BCUT2D eigenvalue weighted by molar-refractivity contribution is -0.121. The van der Waals surface area contributed by atoms with Crippen LogP contribution in [0.5, 0.6) is 0 Å². The molecular formula is C27H44FN5O3. The van der Waals surface area contributed by atoms with Crippen LogP contribution >= 0.6 is 0 Å². The van der Waals surface area contributed by atoms with Crippen LogP contribution in [0.25, 0.3) is 11.0 Å². The second-order valence-corrected chi connectivity index (χ2v) is 8.95. The van der Waals surface area contributed by atoms with Gasteiger partial charge in [-0.3, -0.25) is 13.9 Å². The fourth-order valence-electron chi connectivity index (χ4n) is 4.61. The number of hydrogen-bond donors (Lipinski definition) is 2. The maximum absolute atomic E-state index is 13.0. The Morgan fingerprint density at radius 2 is 1.72 bits per heavy atom. The Hall–Kier alpha value is -2.94. The lowest BCUT2D eigenvalue weighted by Gasteiger charge is -2.27. The highest BCUT2D eigenvalue weighted by Gasteiger charge is 2.40. The summed E-state index contributed by atoms with van der Waals surface area (Å²) in [6, 6.07) is 5.26. The zero-order chi connectivity index (χ0) is 27.4. The highest BCUT2D eigenvalue weighted by molar-refractivity contribution is 5.90. The van der Waals surface area contributed by atoms with Gasteiger partial charge in [-0.15, -0.1) is 0 Å². The van der Waals surface area contributed by atoms with E-state index in [2.05, 4.69) is 28.2 Å². The smallest absolute Gasteiger partial charge is 0.329 e. The molecule has 8 nitrogen and oxygen atoms in total. The number of aldehydes is 1. The lowest BCUT2D eigenvalue weighted by atomic mass is 9.77. The van der Waals surface area contributed by atoms with Gasteiger partial charge in [0, 0.05) is 33.6 Å². The molecule has 2 aromatic rings. The number of hydrogen-bond acceptors (Lipinski definition) is 5. The Morgan fingerprint density at radius 1 is 1.19 bits per heavy atom. The van der Waals surface area contributed by atoms with E-state index in [1.165, 1.54) is 19.8 Å². The van der Waals surface area contributed by atoms with Crippen molar-refractivity contribution in [3.63, 3.8) is 0 Å². The van der Waals surface area contributed by atoms with E-state index in [0.717, 1.165) is 47.9 Å². The average molecular weight is 506 g/mol. The molecule has 3 atom stereocenters. The minimum atomic E-state index is -0.650. The molecule has 1 aromatic carbocycles. The first kappa shape index (κ1) is 31.1. The van der Waals surface area contributed by atoms with Crippen LogP contribution in [0.2, 0.25) is 0 Å². The summed E-state index contributed by atoms with van der Waals surface area (Å²) in [6.45, 7) is 10.3. The van der Waals surface area contributed by atoms with Crippen LogP contribution in [0.1, 0.15) is 52.5 Å². The van der Waals surface area contributed by atoms with Gasteiger partial charge in [0.2, 0.25) is 5.91 Å². The number of carbonyl (C=O) groups is 2. The minimum absolute atomic E-state index is 0.136. The van der Waals surface area contributed by atoms with Crippen LogP contribution in [-0.4, -0.2) is 55.6 Å². The molecule has 1 aromatic heterocycles. The van der Waals surface area contributed by atoms with Crippen molar-refractivity contribution >= 4 is 28.9 Å². The predicted molar refractivity (Wildman–Crippen MR) is 146 cm³/mol. The standard InChI is InChI=1S/C20H26N4O3.C3H5F.C2H7N.C2H6/c1-21-18(26)9-8-15(12-25)24-17-5-3-4-16(19(17)22(2)20(24)27)23-10-13-6-7-14(13)11-23;1-3(2)4;1-3-2;1-2/h3-5,12-15H,6-11H2,1-2H3,(H,21,26);1H2,2H3;3H,1-2H3;1-2H3. The Labute approximate surface area is 214 Å². The Balaban J connectivity index is 0.000000633. The first-order valence-corrected chi connectivity index (χ1v) is 12.7. The number of aromatic nitrogens is 2. The fourth-order valence-corrected chi connectivity index (χ4v) is 4.61. The molecule has 0 spiro atoms. The summed E-state index contributed by atoms with van der Waals surface area (Å²) in [7, 11) is 7.08. The monoisotopic (exact) mass is 505 g/mol. The van der Waals surface area contributed by atoms with Crippen molar-refractivity contribution in [1.82, 2.24) is 19.8 Å². The van der Waals surface area contributed by atoms with E-state index in [1.54, 1.807) is 23.2 Å². The molecule has 202 valence electrons. The number of benzene rings is 1. The van der Waals surface area contributed by atoms with Gasteiger partial charge in [-0.05, 0) is 64.3 Å². The van der Waals surface area contributed by atoms with Crippen molar-refractivity contribution in [3.05, 3.63) is 41.1 Å². The number of rotatable bonds is 6. The molecule has 3 unspecified atom stereocenters. The van der Waals surface area contributed by atoms with E-state index >= 15 is 0 Å². The number of nitrogens with zero attached hydrogens (tertiary/aromatic N) is 3. The predicted octanol–water partition coefficient (Wildman–Crippen LogP) is 3.80. The zero-order valence-electron chi connectivity index (χ0n) is 22.9. The summed E-state index contributed by atoms with van der Waals surface area (Å²) in [4.78, 5) is 38.7. The average Bonchev–Trinajstić information content (AvgIpc) is 3.28. The topological polar surface area (TPSA) is 88.4 Å². The molecule has 1 aliphatic carbocycles. The maximum Gasteiger partial charge on any atom is 0.329 e. The molecular weight excluding hydrogens is 461 g/mol.